The fourth-order valence-corrected chi connectivity index (χ4v) is 3.87. The van der Waals surface area contributed by atoms with Crippen molar-refractivity contribution < 1.29 is 13.2 Å². The number of hydrogen-bond acceptors (Lipinski definition) is 4. The van der Waals surface area contributed by atoms with Gasteiger partial charge in [0.05, 0.1) is 11.3 Å². The second-order valence-electron chi connectivity index (χ2n) is 6.44. The lowest BCUT2D eigenvalue weighted by Gasteiger charge is -2.28. The molecule has 0 spiro atoms. The van der Waals surface area contributed by atoms with Crippen LogP contribution in [0, 0.1) is 13.8 Å². The van der Waals surface area contributed by atoms with Crippen molar-refractivity contribution in [3.05, 3.63) is 58.8 Å². The van der Waals surface area contributed by atoms with E-state index in [1.165, 1.54) is 5.56 Å². The molecule has 2 aliphatic heterocycles. The molecular weight excluding hydrogens is 338 g/mol. The summed E-state index contributed by atoms with van der Waals surface area (Å²) in [5, 5.41) is 0. The van der Waals surface area contributed by atoms with Gasteiger partial charge in [0.2, 0.25) is 0 Å². The number of carbonyl (C=O) groups is 1. The lowest BCUT2D eigenvalue weighted by molar-refractivity contribution is -0.126. The molecule has 6 nitrogen and oxygen atoms in total. The molecule has 2 aliphatic rings. The first-order valence-electron chi connectivity index (χ1n) is 8.06. The number of sulfonamides is 1. The Balaban J connectivity index is 1.75. The van der Waals surface area contributed by atoms with Gasteiger partial charge in [-0.25, -0.2) is 8.42 Å². The molecule has 0 aliphatic carbocycles. The highest BCUT2D eigenvalue weighted by Gasteiger charge is 2.25. The van der Waals surface area contributed by atoms with Gasteiger partial charge >= 0.3 is 0 Å². The van der Waals surface area contributed by atoms with Crippen molar-refractivity contribution in [3.63, 3.8) is 0 Å². The van der Waals surface area contributed by atoms with Gasteiger partial charge < -0.3 is 9.80 Å². The van der Waals surface area contributed by atoms with Crippen molar-refractivity contribution in [1.82, 2.24) is 9.80 Å². The monoisotopic (exact) mass is 359 g/mol. The van der Waals surface area contributed by atoms with Gasteiger partial charge in [-0.05, 0) is 37.1 Å². The highest BCUT2D eigenvalue weighted by molar-refractivity contribution is 7.90. The fraction of sp³-hybridized carbons (Fsp3) is 0.333. The van der Waals surface area contributed by atoms with E-state index in [-0.39, 0.29) is 11.7 Å². The van der Waals surface area contributed by atoms with Gasteiger partial charge in [-0.15, -0.1) is 4.40 Å². The van der Waals surface area contributed by atoms with E-state index in [1.54, 1.807) is 35.2 Å². The van der Waals surface area contributed by atoms with E-state index in [1.807, 2.05) is 26.0 Å². The number of likely N-dealkylation sites (N-methyl/N-ethyl adjacent to an activating group) is 1. The van der Waals surface area contributed by atoms with Gasteiger partial charge in [-0.2, -0.15) is 0 Å². The van der Waals surface area contributed by atoms with Crippen LogP contribution in [0.25, 0.3) is 0 Å². The summed E-state index contributed by atoms with van der Waals surface area (Å²) in [6.45, 7) is 4.91. The van der Waals surface area contributed by atoms with Crippen molar-refractivity contribution >= 4 is 21.8 Å². The van der Waals surface area contributed by atoms with Crippen LogP contribution in [-0.4, -0.2) is 49.3 Å². The van der Waals surface area contributed by atoms with Crippen LogP contribution in [0.2, 0.25) is 0 Å². The molecule has 0 saturated carbocycles. The molecule has 0 unspecified atom stereocenters. The minimum atomic E-state index is -3.39. The third-order valence-corrected chi connectivity index (χ3v) is 5.49. The second-order valence-corrected chi connectivity index (χ2v) is 8.19. The van der Waals surface area contributed by atoms with E-state index >= 15 is 0 Å². The molecule has 132 valence electrons. The molecule has 0 N–H and O–H groups in total. The van der Waals surface area contributed by atoms with Gasteiger partial charge in [0.25, 0.3) is 15.9 Å². The Labute approximate surface area is 148 Å². The number of benzene rings is 1. The molecular formula is C18H21N3O3S. The molecule has 1 aromatic rings. The van der Waals surface area contributed by atoms with Gasteiger partial charge in [0, 0.05) is 26.3 Å². The van der Waals surface area contributed by atoms with Crippen molar-refractivity contribution in [1.29, 1.82) is 0 Å². The van der Waals surface area contributed by atoms with Crippen molar-refractivity contribution in [2.24, 2.45) is 4.40 Å². The first-order chi connectivity index (χ1) is 11.7. The van der Waals surface area contributed by atoms with Crippen LogP contribution in [0.5, 0.6) is 0 Å². The molecule has 2 heterocycles. The first-order valence-corrected chi connectivity index (χ1v) is 9.67. The summed E-state index contributed by atoms with van der Waals surface area (Å²) in [5.74, 6) is 0.212. The zero-order valence-electron chi connectivity index (χ0n) is 14.6. The number of fused-ring (bicyclic) bond motifs is 1. The number of aryl methyl sites for hydroxylation is 2. The molecule has 7 heteroatoms. The molecule has 0 aromatic heterocycles. The van der Waals surface area contributed by atoms with Crippen LogP contribution in [0.4, 0.5) is 0 Å². The quantitative estimate of drug-likeness (QED) is 0.825. The van der Waals surface area contributed by atoms with Crippen LogP contribution in [0.15, 0.2) is 46.5 Å². The Morgan fingerprint density at radius 3 is 2.76 bits per heavy atom. The summed E-state index contributed by atoms with van der Waals surface area (Å²) < 4.78 is 26.8. The number of hydrogen-bond donors (Lipinski definition) is 0. The average Bonchev–Trinajstić information content (AvgIpc) is 2.55. The predicted octanol–water partition coefficient (Wildman–Crippen LogP) is 1.76. The Morgan fingerprint density at radius 1 is 1.28 bits per heavy atom. The summed E-state index contributed by atoms with van der Waals surface area (Å²) in [6, 6.07) is 6.18. The van der Waals surface area contributed by atoms with Crippen LogP contribution in [-0.2, 0) is 21.4 Å². The smallest absolute Gasteiger partial charge is 0.256 e. The highest BCUT2D eigenvalue weighted by atomic mass is 32.2. The summed E-state index contributed by atoms with van der Waals surface area (Å²) in [6.07, 6.45) is 4.88. The molecule has 0 atom stereocenters. The third-order valence-electron chi connectivity index (χ3n) is 4.32. The van der Waals surface area contributed by atoms with Crippen LogP contribution < -0.4 is 0 Å². The Hall–Kier alpha value is -2.41. The average molecular weight is 359 g/mol. The van der Waals surface area contributed by atoms with Crippen molar-refractivity contribution in [2.45, 2.75) is 20.4 Å². The molecule has 1 aromatic carbocycles. The van der Waals surface area contributed by atoms with E-state index < -0.39 is 10.0 Å². The van der Waals surface area contributed by atoms with E-state index in [9.17, 15) is 13.2 Å². The van der Waals surface area contributed by atoms with E-state index in [4.69, 9.17) is 0 Å². The first kappa shape index (κ1) is 17.4. The highest BCUT2D eigenvalue weighted by Crippen LogP contribution is 2.19. The topological polar surface area (TPSA) is 70.1 Å². The summed E-state index contributed by atoms with van der Waals surface area (Å²) in [7, 11) is -1.62. The SMILES string of the molecule is Cc1ccc(CN(C)C(=O)C2=CN3CCS(=O)(=O)N=C3C=C2)c(C)c1. The molecule has 0 saturated heterocycles. The summed E-state index contributed by atoms with van der Waals surface area (Å²) >= 11 is 0. The van der Waals surface area contributed by atoms with E-state index in [2.05, 4.69) is 10.5 Å². The molecule has 0 bridgehead atoms. The van der Waals surface area contributed by atoms with E-state index in [0.29, 0.717) is 24.5 Å². The zero-order valence-corrected chi connectivity index (χ0v) is 15.4. The molecule has 0 radical (unpaired) electrons. The van der Waals surface area contributed by atoms with Crippen molar-refractivity contribution in [2.75, 3.05) is 19.3 Å². The van der Waals surface area contributed by atoms with Crippen molar-refractivity contribution in [3.8, 4) is 0 Å². The number of nitrogens with zero attached hydrogens (tertiary/aromatic N) is 3. The van der Waals surface area contributed by atoms with Crippen LogP contribution in [0.1, 0.15) is 16.7 Å². The van der Waals surface area contributed by atoms with E-state index in [0.717, 1.165) is 11.1 Å². The lowest BCUT2D eigenvalue weighted by atomic mass is 10.0. The van der Waals surface area contributed by atoms with Gasteiger partial charge in [0.15, 0.2) is 0 Å². The maximum Gasteiger partial charge on any atom is 0.256 e. The molecule has 1 amide bonds. The van der Waals surface area contributed by atoms with Gasteiger partial charge in [-0.1, -0.05) is 23.8 Å². The Bertz CT molecular complexity index is 913. The Kier molecular flexibility index (Phi) is 4.51. The fourth-order valence-electron chi connectivity index (χ4n) is 2.90. The maximum atomic E-state index is 12.7. The lowest BCUT2D eigenvalue weighted by Crippen LogP contribution is -2.38. The number of amidine groups is 1. The predicted molar refractivity (Wildman–Crippen MR) is 97.5 cm³/mol. The minimum absolute atomic E-state index is 0.0410. The second kappa shape index (κ2) is 6.48. The standard InChI is InChI=1S/C18H21N3O3S/c1-13-4-5-15(14(2)10-13)11-20(3)18(22)16-6-7-17-19-25(23,24)9-8-21(17)12-16/h4-7,10,12H,8-9,11H2,1-3H3. The third kappa shape index (κ3) is 3.82. The number of amides is 1. The zero-order chi connectivity index (χ0) is 18.2. The van der Waals surface area contributed by atoms with Gasteiger partial charge in [-0.3, -0.25) is 4.79 Å². The molecule has 3 rings (SSSR count). The summed E-state index contributed by atoms with van der Waals surface area (Å²) in [5.41, 5.74) is 3.97. The van der Waals surface area contributed by atoms with Gasteiger partial charge in [0.1, 0.15) is 5.84 Å². The molecule has 25 heavy (non-hydrogen) atoms. The normalized spacial score (nSPS) is 18.3. The van der Waals surface area contributed by atoms with Crippen LogP contribution in [0.3, 0.4) is 0 Å². The number of carbonyl (C=O) groups excluding carboxylic acids is 1. The minimum Gasteiger partial charge on any atom is -0.337 e. The molecule has 0 fully saturated rings. The van der Waals surface area contributed by atoms with Crippen LogP contribution >= 0.6 is 0 Å². The largest absolute Gasteiger partial charge is 0.337 e. The number of rotatable bonds is 3. The summed E-state index contributed by atoms with van der Waals surface area (Å²) in [4.78, 5) is 16.1. The maximum absolute atomic E-state index is 12.7. The Morgan fingerprint density at radius 2 is 2.04 bits per heavy atom.